The number of hydrogen-bond acceptors (Lipinski definition) is 4. The Kier molecular flexibility index (Phi) is 6.71. The summed E-state index contributed by atoms with van der Waals surface area (Å²) in [6.45, 7) is 5.84. The number of carbonyl (C=O) groups is 2. The third-order valence-electron chi connectivity index (χ3n) is 4.94. The number of amides is 3. The van der Waals surface area contributed by atoms with Gasteiger partial charge in [0.25, 0.3) is 0 Å². The standard InChI is InChI=1S/C19H29N3O4/c1-6-20-19(24)22-11-15(16(12-22)18(23)21(3)7-2)14-10-13(25-4)8-9-17(14)26-5/h8-10,15-16H,6-7,11-12H2,1-5H3,(H,20,24). The van der Waals surface area contributed by atoms with Gasteiger partial charge in [-0.05, 0) is 32.0 Å². The first-order valence-corrected chi connectivity index (χ1v) is 8.96. The minimum Gasteiger partial charge on any atom is -0.497 e. The predicted octanol–water partition coefficient (Wildman–Crippen LogP) is 1.93. The van der Waals surface area contributed by atoms with Gasteiger partial charge >= 0.3 is 6.03 Å². The first-order valence-electron chi connectivity index (χ1n) is 8.96. The lowest BCUT2D eigenvalue weighted by molar-refractivity contribution is -0.133. The largest absolute Gasteiger partial charge is 0.497 e. The Morgan fingerprint density at radius 2 is 1.96 bits per heavy atom. The second-order valence-corrected chi connectivity index (χ2v) is 6.41. The molecule has 7 heteroatoms. The fourth-order valence-electron chi connectivity index (χ4n) is 3.37. The van der Waals surface area contributed by atoms with Crippen LogP contribution >= 0.6 is 0 Å². The van der Waals surface area contributed by atoms with Crippen LogP contribution in [-0.2, 0) is 4.79 Å². The normalized spacial score (nSPS) is 19.2. The van der Waals surface area contributed by atoms with Crippen LogP contribution < -0.4 is 14.8 Å². The van der Waals surface area contributed by atoms with E-state index in [9.17, 15) is 9.59 Å². The van der Waals surface area contributed by atoms with E-state index < -0.39 is 0 Å². The Morgan fingerprint density at radius 1 is 1.23 bits per heavy atom. The molecule has 1 saturated heterocycles. The molecule has 3 amide bonds. The Morgan fingerprint density at radius 3 is 2.54 bits per heavy atom. The molecule has 1 N–H and O–H groups in total. The van der Waals surface area contributed by atoms with Gasteiger partial charge in [-0.15, -0.1) is 0 Å². The summed E-state index contributed by atoms with van der Waals surface area (Å²) in [5.41, 5.74) is 0.890. The number of likely N-dealkylation sites (tertiary alicyclic amines) is 1. The van der Waals surface area contributed by atoms with E-state index in [0.29, 0.717) is 37.7 Å². The number of urea groups is 1. The van der Waals surface area contributed by atoms with E-state index in [2.05, 4.69) is 5.32 Å². The van der Waals surface area contributed by atoms with Gasteiger partial charge in [-0.1, -0.05) is 0 Å². The van der Waals surface area contributed by atoms with E-state index >= 15 is 0 Å². The predicted molar refractivity (Wildman–Crippen MR) is 99.7 cm³/mol. The van der Waals surface area contributed by atoms with Gasteiger partial charge in [0, 0.05) is 44.7 Å². The molecular formula is C19H29N3O4. The Bertz CT molecular complexity index is 650. The lowest BCUT2D eigenvalue weighted by Crippen LogP contribution is -2.40. The molecule has 1 heterocycles. The third-order valence-corrected chi connectivity index (χ3v) is 4.94. The maximum Gasteiger partial charge on any atom is 0.317 e. The number of methoxy groups -OCH3 is 2. The zero-order valence-electron chi connectivity index (χ0n) is 16.2. The maximum atomic E-state index is 12.9. The Balaban J connectivity index is 2.41. The van der Waals surface area contributed by atoms with E-state index in [-0.39, 0.29) is 23.8 Å². The fourth-order valence-corrected chi connectivity index (χ4v) is 3.37. The van der Waals surface area contributed by atoms with E-state index in [4.69, 9.17) is 9.47 Å². The van der Waals surface area contributed by atoms with Gasteiger partial charge in [0.05, 0.1) is 20.1 Å². The lowest BCUT2D eigenvalue weighted by atomic mass is 9.87. The SMILES string of the molecule is CCNC(=O)N1CC(C(=O)N(C)CC)C(c2cc(OC)ccc2OC)C1. The van der Waals surface area contributed by atoms with Gasteiger partial charge in [-0.3, -0.25) is 4.79 Å². The van der Waals surface area contributed by atoms with Crippen molar-refractivity contribution in [3.63, 3.8) is 0 Å². The monoisotopic (exact) mass is 363 g/mol. The molecule has 0 aliphatic carbocycles. The van der Waals surface area contributed by atoms with E-state index in [1.165, 1.54) is 0 Å². The minimum absolute atomic E-state index is 0.0363. The van der Waals surface area contributed by atoms with Gasteiger partial charge in [-0.2, -0.15) is 0 Å². The lowest BCUT2D eigenvalue weighted by Gasteiger charge is -2.24. The molecule has 2 rings (SSSR count). The van der Waals surface area contributed by atoms with Crippen LogP contribution in [0.5, 0.6) is 11.5 Å². The smallest absolute Gasteiger partial charge is 0.317 e. The first kappa shape index (κ1) is 19.9. The maximum absolute atomic E-state index is 12.9. The molecule has 0 saturated carbocycles. The summed E-state index contributed by atoms with van der Waals surface area (Å²) in [5, 5.41) is 2.82. The number of nitrogens with one attached hydrogen (secondary N) is 1. The van der Waals surface area contributed by atoms with Crippen LogP contribution in [0.3, 0.4) is 0 Å². The van der Waals surface area contributed by atoms with Crippen molar-refractivity contribution < 1.29 is 19.1 Å². The molecule has 1 aliphatic rings. The average molecular weight is 363 g/mol. The number of ether oxygens (including phenoxy) is 2. The van der Waals surface area contributed by atoms with Crippen molar-refractivity contribution in [2.45, 2.75) is 19.8 Å². The average Bonchev–Trinajstić information content (AvgIpc) is 3.11. The highest BCUT2D eigenvalue weighted by Gasteiger charge is 2.42. The van der Waals surface area contributed by atoms with Gasteiger partial charge in [-0.25, -0.2) is 4.79 Å². The summed E-state index contributed by atoms with van der Waals surface area (Å²) in [5.74, 6) is 0.972. The number of nitrogens with zero attached hydrogens (tertiary/aromatic N) is 2. The fraction of sp³-hybridized carbons (Fsp3) is 0.579. The van der Waals surface area contributed by atoms with Crippen molar-refractivity contribution in [1.82, 2.24) is 15.1 Å². The molecule has 1 aromatic rings. The summed E-state index contributed by atoms with van der Waals surface area (Å²) >= 11 is 0. The van der Waals surface area contributed by atoms with Crippen LogP contribution in [0.25, 0.3) is 0 Å². The molecule has 7 nitrogen and oxygen atoms in total. The molecule has 0 bridgehead atoms. The molecule has 0 spiro atoms. The molecule has 26 heavy (non-hydrogen) atoms. The third kappa shape index (κ3) is 4.03. The molecule has 0 radical (unpaired) electrons. The molecule has 0 aromatic heterocycles. The number of hydrogen-bond donors (Lipinski definition) is 1. The van der Waals surface area contributed by atoms with Gasteiger partial charge in [0.15, 0.2) is 0 Å². The van der Waals surface area contributed by atoms with Crippen molar-refractivity contribution in [3.05, 3.63) is 23.8 Å². The molecule has 1 aliphatic heterocycles. The molecular weight excluding hydrogens is 334 g/mol. The highest BCUT2D eigenvalue weighted by atomic mass is 16.5. The zero-order chi connectivity index (χ0) is 19.3. The molecule has 2 atom stereocenters. The van der Waals surface area contributed by atoms with Crippen LogP contribution in [0.1, 0.15) is 25.3 Å². The number of carbonyl (C=O) groups excluding carboxylic acids is 2. The van der Waals surface area contributed by atoms with E-state index in [1.807, 2.05) is 32.0 Å². The van der Waals surface area contributed by atoms with Crippen LogP contribution in [-0.4, -0.2) is 69.2 Å². The van der Waals surface area contributed by atoms with Crippen molar-refractivity contribution >= 4 is 11.9 Å². The quantitative estimate of drug-likeness (QED) is 0.838. The summed E-state index contributed by atoms with van der Waals surface area (Å²) < 4.78 is 10.9. The topological polar surface area (TPSA) is 71.1 Å². The highest BCUT2D eigenvalue weighted by molar-refractivity contribution is 5.83. The minimum atomic E-state index is -0.316. The van der Waals surface area contributed by atoms with Crippen LogP contribution in [0.4, 0.5) is 4.79 Å². The summed E-state index contributed by atoms with van der Waals surface area (Å²) in [6.07, 6.45) is 0. The zero-order valence-corrected chi connectivity index (χ0v) is 16.2. The second kappa shape index (κ2) is 8.78. The number of rotatable bonds is 6. The molecule has 144 valence electrons. The van der Waals surface area contributed by atoms with Crippen molar-refractivity contribution in [3.8, 4) is 11.5 Å². The first-order chi connectivity index (χ1) is 12.5. The van der Waals surface area contributed by atoms with Gasteiger partial charge < -0.3 is 24.6 Å². The second-order valence-electron chi connectivity index (χ2n) is 6.41. The van der Waals surface area contributed by atoms with Crippen LogP contribution in [0.15, 0.2) is 18.2 Å². The van der Waals surface area contributed by atoms with Crippen molar-refractivity contribution in [2.75, 3.05) is 47.4 Å². The Labute approximate surface area is 155 Å². The number of benzene rings is 1. The highest BCUT2D eigenvalue weighted by Crippen LogP contribution is 2.40. The molecule has 1 fully saturated rings. The van der Waals surface area contributed by atoms with Crippen LogP contribution in [0.2, 0.25) is 0 Å². The molecule has 2 unspecified atom stereocenters. The summed E-state index contributed by atoms with van der Waals surface area (Å²) in [4.78, 5) is 28.7. The van der Waals surface area contributed by atoms with Crippen molar-refractivity contribution in [1.29, 1.82) is 0 Å². The Hall–Kier alpha value is -2.44. The van der Waals surface area contributed by atoms with E-state index in [1.54, 1.807) is 31.1 Å². The summed E-state index contributed by atoms with van der Waals surface area (Å²) in [7, 11) is 5.00. The summed E-state index contributed by atoms with van der Waals surface area (Å²) in [6, 6.07) is 5.42. The van der Waals surface area contributed by atoms with Crippen molar-refractivity contribution in [2.24, 2.45) is 5.92 Å². The van der Waals surface area contributed by atoms with Gasteiger partial charge in [0.2, 0.25) is 5.91 Å². The van der Waals surface area contributed by atoms with E-state index in [0.717, 1.165) is 5.56 Å². The molecule has 1 aromatic carbocycles. The van der Waals surface area contributed by atoms with Gasteiger partial charge in [0.1, 0.15) is 11.5 Å². The van der Waals surface area contributed by atoms with Crippen LogP contribution in [0, 0.1) is 5.92 Å².